The van der Waals surface area contributed by atoms with Crippen molar-refractivity contribution in [2.24, 2.45) is 5.73 Å². The summed E-state index contributed by atoms with van der Waals surface area (Å²) >= 11 is 0. The number of para-hydroxylation sites is 2. The molecule has 0 saturated carbocycles. The highest BCUT2D eigenvalue weighted by Gasteiger charge is 2.36. The maximum absolute atomic E-state index is 12.4. The van der Waals surface area contributed by atoms with Crippen LogP contribution in [-0.2, 0) is 4.79 Å². The van der Waals surface area contributed by atoms with E-state index in [1.54, 1.807) is 0 Å². The van der Waals surface area contributed by atoms with E-state index in [9.17, 15) is 4.79 Å². The van der Waals surface area contributed by atoms with Crippen LogP contribution in [0.5, 0.6) is 11.5 Å². The number of ether oxygens (including phenoxy) is 1. The number of carbonyl (C=O) groups excluding carboxylic acids is 1. The van der Waals surface area contributed by atoms with Gasteiger partial charge in [0.1, 0.15) is 11.5 Å². The summed E-state index contributed by atoms with van der Waals surface area (Å²) in [5.74, 6) is 0.618. The molecule has 3 aromatic rings. The Kier molecular flexibility index (Phi) is 3.54. The van der Waals surface area contributed by atoms with E-state index in [1.165, 1.54) is 0 Å². The number of benzene rings is 3. The van der Waals surface area contributed by atoms with Crippen LogP contribution in [0.1, 0.15) is 28.5 Å². The quantitative estimate of drug-likeness (QED) is 0.788. The van der Waals surface area contributed by atoms with Crippen molar-refractivity contribution in [3.05, 3.63) is 95.6 Å². The van der Waals surface area contributed by atoms with Gasteiger partial charge in [-0.1, -0.05) is 66.7 Å². The number of rotatable bonds is 3. The Morgan fingerprint density at radius 1 is 0.792 bits per heavy atom. The highest BCUT2D eigenvalue weighted by molar-refractivity contribution is 5.84. The smallest absolute Gasteiger partial charge is 0.225 e. The molecule has 3 aromatic carbocycles. The predicted octanol–water partition coefficient (Wildman–Crippen LogP) is 4.19. The molecule has 24 heavy (non-hydrogen) atoms. The van der Waals surface area contributed by atoms with Gasteiger partial charge in [0.25, 0.3) is 0 Å². The number of fused-ring (bicyclic) bond motifs is 2. The molecule has 0 fully saturated rings. The van der Waals surface area contributed by atoms with Crippen molar-refractivity contribution in [3.63, 3.8) is 0 Å². The molecule has 0 saturated heterocycles. The summed E-state index contributed by atoms with van der Waals surface area (Å²) in [7, 11) is 0. The van der Waals surface area contributed by atoms with Crippen molar-refractivity contribution >= 4 is 5.91 Å². The highest BCUT2D eigenvalue weighted by atomic mass is 16.5. The van der Waals surface area contributed by atoms with Gasteiger partial charge in [-0.2, -0.15) is 0 Å². The lowest BCUT2D eigenvalue weighted by molar-refractivity contribution is -0.119. The third-order valence-corrected chi connectivity index (χ3v) is 4.53. The molecule has 0 aliphatic carbocycles. The van der Waals surface area contributed by atoms with Crippen molar-refractivity contribution in [2.75, 3.05) is 0 Å². The summed E-state index contributed by atoms with van der Waals surface area (Å²) in [6.07, 6.45) is 0. The summed E-state index contributed by atoms with van der Waals surface area (Å²) in [4.78, 5) is 12.4. The van der Waals surface area contributed by atoms with E-state index in [0.717, 1.165) is 28.2 Å². The molecule has 0 spiro atoms. The lowest BCUT2D eigenvalue weighted by atomic mass is 9.75. The van der Waals surface area contributed by atoms with Crippen LogP contribution in [0.3, 0.4) is 0 Å². The molecule has 4 rings (SSSR count). The van der Waals surface area contributed by atoms with Gasteiger partial charge in [0.05, 0.1) is 5.92 Å². The van der Waals surface area contributed by atoms with Gasteiger partial charge < -0.3 is 10.5 Å². The van der Waals surface area contributed by atoms with Crippen LogP contribution < -0.4 is 10.5 Å². The molecule has 3 heteroatoms. The first-order valence-corrected chi connectivity index (χ1v) is 7.95. The monoisotopic (exact) mass is 315 g/mol. The zero-order valence-electron chi connectivity index (χ0n) is 13.1. The average molecular weight is 315 g/mol. The van der Waals surface area contributed by atoms with Crippen molar-refractivity contribution in [3.8, 4) is 11.5 Å². The Balaban J connectivity index is 1.94. The van der Waals surface area contributed by atoms with Crippen LogP contribution in [-0.4, -0.2) is 5.91 Å². The van der Waals surface area contributed by atoms with Crippen LogP contribution in [0.15, 0.2) is 78.9 Å². The number of hydrogen-bond donors (Lipinski definition) is 1. The first kappa shape index (κ1) is 14.5. The number of carbonyl (C=O) groups is 1. The van der Waals surface area contributed by atoms with Gasteiger partial charge in [0.15, 0.2) is 0 Å². The van der Waals surface area contributed by atoms with E-state index in [1.807, 2.05) is 78.9 Å². The van der Waals surface area contributed by atoms with Gasteiger partial charge in [0, 0.05) is 17.0 Å². The standard InChI is InChI=1S/C21H17NO2/c22-21(23)19(14-8-2-1-3-9-14)20-15-10-4-6-12-17(15)24-18-13-7-5-11-16(18)20/h1-13,19-20H,(H2,22,23). The third-order valence-electron chi connectivity index (χ3n) is 4.53. The Morgan fingerprint density at radius 2 is 1.29 bits per heavy atom. The van der Waals surface area contributed by atoms with E-state index < -0.39 is 5.92 Å². The molecule has 1 aliphatic rings. The van der Waals surface area contributed by atoms with E-state index in [0.29, 0.717) is 0 Å². The number of hydrogen-bond acceptors (Lipinski definition) is 2. The van der Waals surface area contributed by atoms with Crippen LogP contribution in [0, 0.1) is 0 Å². The van der Waals surface area contributed by atoms with Crippen LogP contribution in [0.4, 0.5) is 0 Å². The first-order chi connectivity index (χ1) is 11.8. The van der Waals surface area contributed by atoms with Crippen molar-refractivity contribution in [1.29, 1.82) is 0 Å². The zero-order chi connectivity index (χ0) is 16.5. The Morgan fingerprint density at radius 3 is 1.83 bits per heavy atom. The minimum absolute atomic E-state index is 0.161. The predicted molar refractivity (Wildman–Crippen MR) is 93.2 cm³/mol. The molecule has 0 aromatic heterocycles. The fraction of sp³-hybridized carbons (Fsp3) is 0.0952. The third kappa shape index (κ3) is 2.35. The molecular formula is C21H17NO2. The second-order valence-electron chi connectivity index (χ2n) is 5.95. The molecule has 1 atom stereocenters. The molecule has 2 N–H and O–H groups in total. The SMILES string of the molecule is NC(=O)C(c1ccccc1)C1c2ccccc2Oc2ccccc21. The molecule has 118 valence electrons. The summed E-state index contributed by atoms with van der Waals surface area (Å²) in [6, 6.07) is 25.4. The van der Waals surface area contributed by atoms with Gasteiger partial charge in [-0.05, 0) is 17.7 Å². The molecule has 1 unspecified atom stereocenters. The normalized spacial score (nSPS) is 14.2. The molecule has 1 aliphatic heterocycles. The minimum atomic E-state index is -0.447. The van der Waals surface area contributed by atoms with Gasteiger partial charge in [0.2, 0.25) is 5.91 Å². The van der Waals surface area contributed by atoms with Crippen LogP contribution in [0.2, 0.25) is 0 Å². The maximum Gasteiger partial charge on any atom is 0.225 e. The Hall–Kier alpha value is -3.07. The molecule has 0 bridgehead atoms. The van der Waals surface area contributed by atoms with Gasteiger partial charge in [-0.15, -0.1) is 0 Å². The van der Waals surface area contributed by atoms with E-state index in [2.05, 4.69) is 0 Å². The lowest BCUT2D eigenvalue weighted by Crippen LogP contribution is -2.29. The van der Waals surface area contributed by atoms with E-state index >= 15 is 0 Å². The molecule has 1 heterocycles. The average Bonchev–Trinajstić information content (AvgIpc) is 2.62. The molecule has 1 amide bonds. The summed E-state index contributed by atoms with van der Waals surface area (Å²) in [6.45, 7) is 0. The Bertz CT molecular complexity index is 844. The fourth-order valence-corrected chi connectivity index (χ4v) is 3.49. The largest absolute Gasteiger partial charge is 0.457 e. The van der Waals surface area contributed by atoms with Crippen molar-refractivity contribution in [1.82, 2.24) is 0 Å². The molecule has 0 radical (unpaired) electrons. The zero-order valence-corrected chi connectivity index (χ0v) is 13.1. The summed E-state index contributed by atoms with van der Waals surface area (Å²) in [5.41, 5.74) is 8.73. The van der Waals surface area contributed by atoms with Crippen molar-refractivity contribution in [2.45, 2.75) is 11.8 Å². The summed E-state index contributed by atoms with van der Waals surface area (Å²) in [5, 5.41) is 0. The van der Waals surface area contributed by atoms with Crippen LogP contribution >= 0.6 is 0 Å². The highest BCUT2D eigenvalue weighted by Crippen LogP contribution is 2.49. The van der Waals surface area contributed by atoms with Gasteiger partial charge >= 0.3 is 0 Å². The number of nitrogens with two attached hydrogens (primary N) is 1. The van der Waals surface area contributed by atoms with E-state index in [-0.39, 0.29) is 11.8 Å². The second kappa shape index (κ2) is 5.85. The minimum Gasteiger partial charge on any atom is -0.457 e. The molecular weight excluding hydrogens is 298 g/mol. The van der Waals surface area contributed by atoms with Gasteiger partial charge in [-0.3, -0.25) is 4.79 Å². The van der Waals surface area contributed by atoms with Gasteiger partial charge in [-0.25, -0.2) is 0 Å². The maximum atomic E-state index is 12.4. The van der Waals surface area contributed by atoms with E-state index in [4.69, 9.17) is 10.5 Å². The number of amides is 1. The van der Waals surface area contributed by atoms with Crippen molar-refractivity contribution < 1.29 is 9.53 Å². The first-order valence-electron chi connectivity index (χ1n) is 7.95. The topological polar surface area (TPSA) is 52.3 Å². The van der Waals surface area contributed by atoms with Crippen LogP contribution in [0.25, 0.3) is 0 Å². The Labute approximate surface area is 140 Å². The fourth-order valence-electron chi connectivity index (χ4n) is 3.49. The lowest BCUT2D eigenvalue weighted by Gasteiger charge is -2.32. The number of primary amides is 1. The molecule has 3 nitrogen and oxygen atoms in total. The second-order valence-corrected chi connectivity index (χ2v) is 5.95. The summed E-state index contributed by atoms with van der Waals surface area (Å²) < 4.78 is 6.02.